The maximum atomic E-state index is 4.78. The van der Waals surface area contributed by atoms with Crippen LogP contribution in [0, 0.1) is 0 Å². The standard InChI is InChI=1S/C5H6N4O/c1-4-10-7-5(1)9-3-2-6-8-9/h2-3H,1,4H2. The van der Waals surface area contributed by atoms with Gasteiger partial charge in [0.05, 0.1) is 12.4 Å². The molecule has 0 atom stereocenters. The van der Waals surface area contributed by atoms with E-state index in [1.165, 1.54) is 0 Å². The van der Waals surface area contributed by atoms with Crippen LogP contribution in [0.25, 0.3) is 0 Å². The van der Waals surface area contributed by atoms with Gasteiger partial charge in [0.1, 0.15) is 6.61 Å². The van der Waals surface area contributed by atoms with E-state index in [1.807, 2.05) is 0 Å². The third-order valence-corrected chi connectivity index (χ3v) is 1.27. The van der Waals surface area contributed by atoms with E-state index >= 15 is 0 Å². The zero-order valence-corrected chi connectivity index (χ0v) is 5.27. The molecule has 5 nitrogen and oxygen atoms in total. The highest BCUT2D eigenvalue weighted by Crippen LogP contribution is 2.00. The number of oxime groups is 1. The molecule has 0 bridgehead atoms. The third-order valence-electron chi connectivity index (χ3n) is 1.27. The molecule has 0 radical (unpaired) electrons. The number of hydrogen-bond acceptors (Lipinski definition) is 4. The quantitative estimate of drug-likeness (QED) is 0.501. The van der Waals surface area contributed by atoms with Gasteiger partial charge >= 0.3 is 0 Å². The number of hydrogen-bond donors (Lipinski definition) is 0. The molecule has 2 rings (SSSR count). The Labute approximate surface area is 57.3 Å². The van der Waals surface area contributed by atoms with Crippen molar-refractivity contribution in [3.05, 3.63) is 12.4 Å². The van der Waals surface area contributed by atoms with Crippen LogP contribution >= 0.6 is 0 Å². The van der Waals surface area contributed by atoms with Gasteiger partial charge in [-0.05, 0) is 0 Å². The second-order valence-electron chi connectivity index (χ2n) is 1.94. The predicted molar refractivity (Wildman–Crippen MR) is 33.4 cm³/mol. The van der Waals surface area contributed by atoms with E-state index in [4.69, 9.17) is 4.84 Å². The molecule has 1 aromatic rings. The lowest BCUT2D eigenvalue weighted by Crippen LogP contribution is -2.09. The van der Waals surface area contributed by atoms with Crippen LogP contribution in [0.2, 0.25) is 0 Å². The Morgan fingerprint density at radius 2 is 2.60 bits per heavy atom. The first-order valence-corrected chi connectivity index (χ1v) is 3.02. The molecule has 0 amide bonds. The second-order valence-corrected chi connectivity index (χ2v) is 1.94. The lowest BCUT2D eigenvalue weighted by molar-refractivity contribution is 0.173. The van der Waals surface area contributed by atoms with Crippen LogP contribution in [0.4, 0.5) is 0 Å². The summed E-state index contributed by atoms with van der Waals surface area (Å²) < 4.78 is 1.60. The molecule has 0 saturated heterocycles. The molecule has 1 aliphatic heterocycles. The second kappa shape index (κ2) is 2.09. The topological polar surface area (TPSA) is 52.3 Å². The summed E-state index contributed by atoms with van der Waals surface area (Å²) >= 11 is 0. The fourth-order valence-corrected chi connectivity index (χ4v) is 0.805. The molecule has 0 saturated carbocycles. The summed E-state index contributed by atoms with van der Waals surface area (Å²) in [5.74, 6) is 0.817. The van der Waals surface area contributed by atoms with Crippen LogP contribution < -0.4 is 0 Å². The van der Waals surface area contributed by atoms with Crippen molar-refractivity contribution in [2.75, 3.05) is 6.61 Å². The highest BCUT2D eigenvalue weighted by atomic mass is 16.6. The van der Waals surface area contributed by atoms with Crippen molar-refractivity contribution >= 4 is 5.84 Å². The minimum absolute atomic E-state index is 0.648. The van der Waals surface area contributed by atoms with Gasteiger partial charge in [0, 0.05) is 6.42 Å². The maximum absolute atomic E-state index is 4.78. The van der Waals surface area contributed by atoms with Crippen molar-refractivity contribution in [2.45, 2.75) is 6.42 Å². The minimum atomic E-state index is 0.648. The fraction of sp³-hybridized carbons (Fsp3) is 0.400. The molecule has 1 aliphatic rings. The average molecular weight is 138 g/mol. The Balaban J connectivity index is 2.28. The molecule has 2 heterocycles. The van der Waals surface area contributed by atoms with E-state index in [2.05, 4.69) is 15.5 Å². The molecular weight excluding hydrogens is 132 g/mol. The van der Waals surface area contributed by atoms with Gasteiger partial charge in [0.15, 0.2) is 5.84 Å². The van der Waals surface area contributed by atoms with Crippen molar-refractivity contribution in [1.29, 1.82) is 0 Å². The van der Waals surface area contributed by atoms with Gasteiger partial charge in [-0.1, -0.05) is 10.4 Å². The van der Waals surface area contributed by atoms with Gasteiger partial charge in [-0.15, -0.1) is 5.10 Å². The molecule has 0 N–H and O–H groups in total. The molecule has 0 aliphatic carbocycles. The summed E-state index contributed by atoms with van der Waals surface area (Å²) in [6.45, 7) is 0.648. The van der Waals surface area contributed by atoms with Crippen LogP contribution in [0.1, 0.15) is 6.42 Å². The fourth-order valence-electron chi connectivity index (χ4n) is 0.805. The summed E-state index contributed by atoms with van der Waals surface area (Å²) in [7, 11) is 0. The highest BCUT2D eigenvalue weighted by Gasteiger charge is 2.09. The van der Waals surface area contributed by atoms with Crippen molar-refractivity contribution in [2.24, 2.45) is 5.16 Å². The number of aromatic nitrogens is 3. The average Bonchev–Trinajstić information content (AvgIpc) is 2.59. The molecule has 1 aromatic heterocycles. The highest BCUT2D eigenvalue weighted by molar-refractivity contribution is 5.83. The molecule has 5 heteroatoms. The lowest BCUT2D eigenvalue weighted by Gasteiger charge is -1.91. The molecular formula is C5H6N4O. The number of nitrogens with zero attached hydrogens (tertiary/aromatic N) is 4. The van der Waals surface area contributed by atoms with Gasteiger partial charge in [-0.3, -0.25) is 0 Å². The van der Waals surface area contributed by atoms with E-state index in [9.17, 15) is 0 Å². The van der Waals surface area contributed by atoms with Gasteiger partial charge in [0.2, 0.25) is 0 Å². The Bertz CT molecular complexity index is 240. The van der Waals surface area contributed by atoms with Gasteiger partial charge in [-0.2, -0.15) is 0 Å². The lowest BCUT2D eigenvalue weighted by atomic mass is 10.4. The van der Waals surface area contributed by atoms with Crippen LogP contribution in [-0.4, -0.2) is 27.4 Å². The summed E-state index contributed by atoms with van der Waals surface area (Å²) in [5.41, 5.74) is 0. The molecule has 0 spiro atoms. The van der Waals surface area contributed by atoms with E-state index < -0.39 is 0 Å². The van der Waals surface area contributed by atoms with Crippen molar-refractivity contribution in [1.82, 2.24) is 15.0 Å². The minimum Gasteiger partial charge on any atom is -0.394 e. The Morgan fingerprint density at radius 1 is 1.60 bits per heavy atom. The zero-order chi connectivity index (χ0) is 6.81. The Morgan fingerprint density at radius 3 is 3.20 bits per heavy atom. The van der Waals surface area contributed by atoms with E-state index in [0.29, 0.717) is 6.61 Å². The van der Waals surface area contributed by atoms with Crippen LogP contribution in [0.3, 0.4) is 0 Å². The van der Waals surface area contributed by atoms with Gasteiger partial charge < -0.3 is 4.84 Å². The van der Waals surface area contributed by atoms with Crippen molar-refractivity contribution in [3.63, 3.8) is 0 Å². The molecule has 10 heavy (non-hydrogen) atoms. The largest absolute Gasteiger partial charge is 0.394 e. The van der Waals surface area contributed by atoms with E-state index in [1.54, 1.807) is 17.1 Å². The maximum Gasteiger partial charge on any atom is 0.174 e. The summed E-state index contributed by atoms with van der Waals surface area (Å²) in [5, 5.41) is 11.2. The van der Waals surface area contributed by atoms with Crippen molar-refractivity contribution < 1.29 is 4.84 Å². The predicted octanol–water partition coefficient (Wildman–Crippen LogP) is -0.140. The van der Waals surface area contributed by atoms with Crippen LogP contribution in [0.15, 0.2) is 17.5 Å². The summed E-state index contributed by atoms with van der Waals surface area (Å²) in [6, 6.07) is 0. The first-order chi connectivity index (χ1) is 4.97. The van der Waals surface area contributed by atoms with Crippen molar-refractivity contribution in [3.8, 4) is 0 Å². The zero-order valence-electron chi connectivity index (χ0n) is 5.27. The normalized spacial score (nSPS) is 16.6. The smallest absolute Gasteiger partial charge is 0.174 e. The summed E-state index contributed by atoms with van der Waals surface area (Å²) in [4.78, 5) is 4.78. The summed E-state index contributed by atoms with van der Waals surface area (Å²) in [6.07, 6.45) is 4.16. The molecule has 0 unspecified atom stereocenters. The van der Waals surface area contributed by atoms with Crippen LogP contribution in [0.5, 0.6) is 0 Å². The Hall–Kier alpha value is -1.39. The molecule has 0 aromatic carbocycles. The first-order valence-electron chi connectivity index (χ1n) is 3.02. The van der Waals surface area contributed by atoms with Crippen LogP contribution in [-0.2, 0) is 4.84 Å². The third kappa shape index (κ3) is 0.754. The van der Waals surface area contributed by atoms with Gasteiger partial charge in [0.25, 0.3) is 0 Å². The first kappa shape index (κ1) is 5.40. The Kier molecular flexibility index (Phi) is 1.13. The molecule has 52 valence electrons. The molecule has 0 fully saturated rings. The van der Waals surface area contributed by atoms with E-state index in [0.717, 1.165) is 12.3 Å². The van der Waals surface area contributed by atoms with E-state index in [-0.39, 0.29) is 0 Å². The monoisotopic (exact) mass is 138 g/mol. The number of rotatable bonds is 0. The SMILES string of the molecule is c1cn(C2=NOCC2)nn1. The van der Waals surface area contributed by atoms with Gasteiger partial charge in [-0.25, -0.2) is 4.68 Å².